The van der Waals surface area contributed by atoms with Crippen molar-refractivity contribution < 1.29 is 13.2 Å². The van der Waals surface area contributed by atoms with Gasteiger partial charge in [-0.15, -0.1) is 0 Å². The van der Waals surface area contributed by atoms with Gasteiger partial charge in [-0.2, -0.15) is 0 Å². The first-order valence-corrected chi connectivity index (χ1v) is 8.12. The summed E-state index contributed by atoms with van der Waals surface area (Å²) in [5.41, 5.74) is 7.35. The maximum absolute atomic E-state index is 11.7. The Bertz CT molecular complexity index is 574. The van der Waals surface area contributed by atoms with Crippen LogP contribution in [0, 0.1) is 0 Å². The molecule has 0 radical (unpaired) electrons. The highest BCUT2D eigenvalue weighted by Crippen LogP contribution is 2.27. The molecule has 0 spiro atoms. The number of anilines is 2. The number of nitrogens with two attached hydrogens (primary N) is 1. The van der Waals surface area contributed by atoms with Gasteiger partial charge in [0.05, 0.1) is 22.4 Å². The summed E-state index contributed by atoms with van der Waals surface area (Å²) in [4.78, 5) is 2.32. The standard InChI is InChI=1S/C13H21N3O3S/c1-10-9-16(6-3-7-19-10)13-5-4-11(8-12(13)14)20(17,18)15-2/h4-5,8,10,15H,3,6-7,9,14H2,1-2H3. The lowest BCUT2D eigenvalue weighted by molar-refractivity contribution is 0.0821. The Balaban J connectivity index is 2.29. The Morgan fingerprint density at radius 3 is 2.85 bits per heavy atom. The molecule has 1 aliphatic heterocycles. The summed E-state index contributed by atoms with van der Waals surface area (Å²) in [6.45, 7) is 4.37. The average molecular weight is 299 g/mol. The highest BCUT2D eigenvalue weighted by Gasteiger charge is 2.19. The van der Waals surface area contributed by atoms with Crippen LogP contribution in [0.25, 0.3) is 0 Å². The lowest BCUT2D eigenvalue weighted by atomic mass is 10.2. The highest BCUT2D eigenvalue weighted by atomic mass is 32.2. The smallest absolute Gasteiger partial charge is 0.240 e. The highest BCUT2D eigenvalue weighted by molar-refractivity contribution is 7.89. The van der Waals surface area contributed by atoms with E-state index in [4.69, 9.17) is 10.5 Å². The third-order valence-electron chi connectivity index (χ3n) is 3.37. The minimum Gasteiger partial charge on any atom is -0.397 e. The van der Waals surface area contributed by atoms with Crippen LogP contribution < -0.4 is 15.4 Å². The van der Waals surface area contributed by atoms with Gasteiger partial charge in [0.25, 0.3) is 0 Å². The van der Waals surface area contributed by atoms with Crippen LogP contribution in [0.4, 0.5) is 11.4 Å². The fourth-order valence-electron chi connectivity index (χ4n) is 2.32. The molecule has 1 aromatic rings. The second-order valence-corrected chi connectivity index (χ2v) is 6.80. The molecule has 0 aliphatic carbocycles. The Morgan fingerprint density at radius 2 is 2.20 bits per heavy atom. The molecule has 1 aromatic carbocycles. The molecule has 2 rings (SSSR count). The molecule has 0 aromatic heterocycles. The zero-order valence-electron chi connectivity index (χ0n) is 11.8. The lowest BCUT2D eigenvalue weighted by Gasteiger charge is -2.26. The van der Waals surface area contributed by atoms with Crippen molar-refractivity contribution in [3.05, 3.63) is 18.2 Å². The molecule has 3 N–H and O–H groups in total. The van der Waals surface area contributed by atoms with E-state index in [2.05, 4.69) is 9.62 Å². The molecular weight excluding hydrogens is 278 g/mol. The lowest BCUT2D eigenvalue weighted by Crippen LogP contribution is -2.30. The maximum atomic E-state index is 11.7. The summed E-state index contributed by atoms with van der Waals surface area (Å²) in [5.74, 6) is 0. The van der Waals surface area contributed by atoms with Crippen molar-refractivity contribution >= 4 is 21.4 Å². The van der Waals surface area contributed by atoms with Gasteiger partial charge in [-0.05, 0) is 38.6 Å². The molecule has 1 aliphatic rings. The summed E-state index contributed by atoms with van der Waals surface area (Å²) in [7, 11) is -2.08. The largest absolute Gasteiger partial charge is 0.397 e. The zero-order chi connectivity index (χ0) is 14.8. The number of nitrogens with one attached hydrogen (secondary N) is 1. The number of nitrogens with zero attached hydrogens (tertiary/aromatic N) is 1. The fraction of sp³-hybridized carbons (Fsp3) is 0.538. The Labute approximate surface area is 120 Å². The van der Waals surface area contributed by atoms with Gasteiger partial charge in [0.15, 0.2) is 0 Å². The Hall–Kier alpha value is -1.31. The molecule has 1 heterocycles. The second-order valence-electron chi connectivity index (χ2n) is 4.91. The molecule has 0 amide bonds. The van der Waals surface area contributed by atoms with Gasteiger partial charge in [-0.25, -0.2) is 13.1 Å². The van der Waals surface area contributed by atoms with E-state index in [1.807, 2.05) is 6.92 Å². The van der Waals surface area contributed by atoms with Crippen molar-refractivity contribution in [2.45, 2.75) is 24.3 Å². The number of hydrogen-bond acceptors (Lipinski definition) is 5. The van der Waals surface area contributed by atoms with Gasteiger partial charge < -0.3 is 15.4 Å². The molecular formula is C13H21N3O3S. The van der Waals surface area contributed by atoms with Gasteiger partial charge in [0.2, 0.25) is 10.0 Å². The van der Waals surface area contributed by atoms with E-state index >= 15 is 0 Å². The van der Waals surface area contributed by atoms with E-state index in [1.165, 1.54) is 13.1 Å². The van der Waals surface area contributed by atoms with Gasteiger partial charge >= 0.3 is 0 Å². The molecule has 0 saturated carbocycles. The molecule has 6 nitrogen and oxygen atoms in total. The summed E-state index contributed by atoms with van der Waals surface area (Å²) in [6.07, 6.45) is 1.07. The van der Waals surface area contributed by atoms with Gasteiger partial charge in [0.1, 0.15) is 0 Å². The number of sulfonamides is 1. The molecule has 1 unspecified atom stereocenters. The third-order valence-corrected chi connectivity index (χ3v) is 4.78. The number of rotatable bonds is 3. The van der Waals surface area contributed by atoms with E-state index in [-0.39, 0.29) is 11.0 Å². The number of hydrogen-bond donors (Lipinski definition) is 2. The van der Waals surface area contributed by atoms with Crippen LogP contribution in [0.15, 0.2) is 23.1 Å². The van der Waals surface area contributed by atoms with Gasteiger partial charge in [-0.3, -0.25) is 0 Å². The zero-order valence-corrected chi connectivity index (χ0v) is 12.6. The predicted octanol–water partition coefficient (Wildman–Crippen LogP) is 0.792. The molecule has 1 atom stereocenters. The SMILES string of the molecule is CNS(=O)(=O)c1ccc(N2CCCOC(C)C2)c(N)c1. The molecule has 1 saturated heterocycles. The number of nitrogen functional groups attached to an aromatic ring is 1. The fourth-order valence-corrected chi connectivity index (χ4v) is 3.08. The monoisotopic (exact) mass is 299 g/mol. The van der Waals surface area contributed by atoms with E-state index in [0.29, 0.717) is 5.69 Å². The topological polar surface area (TPSA) is 84.7 Å². The first kappa shape index (κ1) is 15.1. The predicted molar refractivity (Wildman–Crippen MR) is 79.3 cm³/mol. The normalized spacial score (nSPS) is 20.7. The van der Waals surface area contributed by atoms with E-state index in [9.17, 15) is 8.42 Å². The minimum absolute atomic E-state index is 0.137. The summed E-state index contributed by atoms with van der Waals surface area (Å²) >= 11 is 0. The van der Waals surface area contributed by atoms with Crippen LogP contribution >= 0.6 is 0 Å². The third kappa shape index (κ3) is 3.23. The summed E-state index contributed by atoms with van der Waals surface area (Å²) < 4.78 is 31.4. The summed E-state index contributed by atoms with van der Waals surface area (Å²) in [5, 5.41) is 0. The van der Waals surface area contributed by atoms with Crippen LogP contribution in [0.3, 0.4) is 0 Å². The number of benzene rings is 1. The van der Waals surface area contributed by atoms with Crippen molar-refractivity contribution in [1.82, 2.24) is 4.72 Å². The number of ether oxygens (including phenoxy) is 1. The van der Waals surface area contributed by atoms with Crippen LogP contribution in [0.1, 0.15) is 13.3 Å². The molecule has 0 bridgehead atoms. The Kier molecular flexibility index (Phi) is 4.52. The van der Waals surface area contributed by atoms with Crippen molar-refractivity contribution in [3.63, 3.8) is 0 Å². The second kappa shape index (κ2) is 5.99. The van der Waals surface area contributed by atoms with Crippen molar-refractivity contribution in [3.8, 4) is 0 Å². The van der Waals surface area contributed by atoms with Crippen LogP contribution in [0.5, 0.6) is 0 Å². The van der Waals surface area contributed by atoms with Crippen LogP contribution in [-0.2, 0) is 14.8 Å². The van der Waals surface area contributed by atoms with E-state index in [1.54, 1.807) is 12.1 Å². The van der Waals surface area contributed by atoms with Gasteiger partial charge in [0, 0.05) is 19.7 Å². The molecule has 1 fully saturated rings. The summed E-state index contributed by atoms with van der Waals surface area (Å²) in [6, 6.07) is 4.84. The molecule has 112 valence electrons. The Morgan fingerprint density at radius 1 is 1.45 bits per heavy atom. The average Bonchev–Trinajstić information content (AvgIpc) is 2.63. The quantitative estimate of drug-likeness (QED) is 0.806. The molecule has 7 heteroatoms. The van der Waals surface area contributed by atoms with Crippen molar-refractivity contribution in [2.75, 3.05) is 37.4 Å². The van der Waals surface area contributed by atoms with Crippen molar-refractivity contribution in [1.29, 1.82) is 0 Å². The van der Waals surface area contributed by atoms with E-state index < -0.39 is 10.0 Å². The van der Waals surface area contributed by atoms with Gasteiger partial charge in [-0.1, -0.05) is 0 Å². The van der Waals surface area contributed by atoms with Crippen LogP contribution in [-0.4, -0.2) is 41.3 Å². The maximum Gasteiger partial charge on any atom is 0.240 e. The first-order valence-electron chi connectivity index (χ1n) is 6.63. The molecule has 20 heavy (non-hydrogen) atoms. The first-order chi connectivity index (χ1) is 9.44. The van der Waals surface area contributed by atoms with Crippen molar-refractivity contribution in [2.24, 2.45) is 0 Å². The van der Waals surface area contributed by atoms with E-state index in [0.717, 1.165) is 31.8 Å². The van der Waals surface area contributed by atoms with Crippen LogP contribution in [0.2, 0.25) is 0 Å². The minimum atomic E-state index is -3.46.